The molecule has 186 valence electrons. The molecular formula is C15H24N5O12P. The first-order valence-electron chi connectivity index (χ1n) is 9.24. The topological polar surface area (TPSA) is 284 Å². The third-order valence-corrected chi connectivity index (χ3v) is 4.93. The van der Waals surface area contributed by atoms with Gasteiger partial charge in [-0.05, 0) is 0 Å². The number of imidazole rings is 1. The average Bonchev–Trinajstić information content (AvgIpc) is 3.33. The van der Waals surface area contributed by atoms with Gasteiger partial charge in [-0.3, -0.25) is 18.9 Å². The fourth-order valence-corrected chi connectivity index (χ4v) is 3.12. The van der Waals surface area contributed by atoms with Crippen LogP contribution in [0.5, 0.6) is 0 Å². The molecule has 0 aliphatic carbocycles. The first-order chi connectivity index (χ1) is 15.4. The number of nitrogen functional groups attached to an aromatic ring is 1. The number of aromatic amines is 1. The summed E-state index contributed by atoms with van der Waals surface area (Å²) in [4.78, 5) is 49.1. The number of anilines is 1. The molecule has 0 saturated carbocycles. The van der Waals surface area contributed by atoms with Gasteiger partial charge in [-0.25, -0.2) is 9.55 Å². The van der Waals surface area contributed by atoms with Gasteiger partial charge in [0.2, 0.25) is 5.95 Å². The molecule has 1 aliphatic rings. The third-order valence-electron chi connectivity index (χ3n) is 4.44. The van der Waals surface area contributed by atoms with Gasteiger partial charge in [0.25, 0.3) is 5.56 Å². The predicted octanol–water partition coefficient (Wildman–Crippen LogP) is -4.28. The van der Waals surface area contributed by atoms with E-state index >= 15 is 0 Å². The standard InChI is InChI=1S/C10H14N5O7P.C5H10O5/c11-10-13-8-7(9(17)14-10)12-3-15(8)6-1-4(16)5(22-6)2-21-23(18,19)20;6-1-3(8)5(10)4(9)2-7/h3-6,16H,1-2H2,(H2,18,19,20)(H3,11,13,14,17);1,3-5,7-10H,2H2/t4-,5+,6+;/m0./s1. The second-order valence-electron chi connectivity index (χ2n) is 6.86. The van der Waals surface area contributed by atoms with Gasteiger partial charge >= 0.3 is 7.82 Å². The number of phosphoric acid groups is 1. The molecule has 2 aromatic heterocycles. The number of aldehydes is 1. The molecule has 0 aromatic carbocycles. The van der Waals surface area contributed by atoms with E-state index in [4.69, 9.17) is 40.7 Å². The van der Waals surface area contributed by atoms with Crippen LogP contribution in [0.2, 0.25) is 0 Å². The summed E-state index contributed by atoms with van der Waals surface area (Å²) in [6, 6.07) is 0. The molecule has 0 bridgehead atoms. The molecule has 6 atom stereocenters. The number of hydrogen-bond acceptors (Lipinski definition) is 13. The van der Waals surface area contributed by atoms with Crippen molar-refractivity contribution in [3.05, 3.63) is 16.7 Å². The van der Waals surface area contributed by atoms with Crippen molar-refractivity contribution in [1.82, 2.24) is 19.5 Å². The minimum atomic E-state index is -4.66. The van der Waals surface area contributed by atoms with Crippen LogP contribution in [0.1, 0.15) is 12.6 Å². The van der Waals surface area contributed by atoms with Crippen molar-refractivity contribution in [2.75, 3.05) is 18.9 Å². The lowest BCUT2D eigenvalue weighted by Gasteiger charge is -2.16. The van der Waals surface area contributed by atoms with Gasteiger partial charge < -0.3 is 50.6 Å². The monoisotopic (exact) mass is 497 g/mol. The number of nitrogens with two attached hydrogens (primary N) is 1. The molecule has 3 heterocycles. The number of carbonyl (C=O) groups is 1. The lowest BCUT2D eigenvalue weighted by molar-refractivity contribution is -0.127. The van der Waals surface area contributed by atoms with Crippen LogP contribution < -0.4 is 11.3 Å². The van der Waals surface area contributed by atoms with E-state index in [-0.39, 0.29) is 29.8 Å². The van der Waals surface area contributed by atoms with Crippen LogP contribution in [0.15, 0.2) is 11.1 Å². The molecule has 17 nitrogen and oxygen atoms in total. The highest BCUT2D eigenvalue weighted by atomic mass is 31.2. The van der Waals surface area contributed by atoms with Gasteiger partial charge in [0.1, 0.15) is 30.6 Å². The van der Waals surface area contributed by atoms with E-state index < -0.39 is 63.3 Å². The zero-order valence-electron chi connectivity index (χ0n) is 16.8. The van der Waals surface area contributed by atoms with Gasteiger partial charge in [0.15, 0.2) is 17.5 Å². The smallest absolute Gasteiger partial charge is 0.394 e. The van der Waals surface area contributed by atoms with Gasteiger partial charge in [0.05, 0.1) is 25.6 Å². The Morgan fingerprint density at radius 2 is 2.06 bits per heavy atom. The van der Waals surface area contributed by atoms with Crippen molar-refractivity contribution in [3.8, 4) is 0 Å². The van der Waals surface area contributed by atoms with Crippen LogP contribution in [0.3, 0.4) is 0 Å². The Balaban J connectivity index is 0.000000328. The Kier molecular flexibility index (Phi) is 9.15. The molecule has 3 rings (SSSR count). The Bertz CT molecular complexity index is 1040. The zero-order chi connectivity index (χ0) is 24.9. The molecule has 2 aromatic rings. The number of fused-ring (bicyclic) bond motifs is 1. The van der Waals surface area contributed by atoms with E-state index in [0.29, 0.717) is 0 Å². The van der Waals surface area contributed by atoms with Crippen molar-refractivity contribution >= 4 is 31.2 Å². The number of nitrogens with zero attached hydrogens (tertiary/aromatic N) is 3. The molecule has 3 unspecified atom stereocenters. The summed E-state index contributed by atoms with van der Waals surface area (Å²) in [6.45, 7) is -1.17. The van der Waals surface area contributed by atoms with E-state index in [1.165, 1.54) is 10.9 Å². The minimum Gasteiger partial charge on any atom is -0.394 e. The molecule has 10 N–H and O–H groups in total. The Labute approximate surface area is 184 Å². The van der Waals surface area contributed by atoms with E-state index in [2.05, 4.69) is 19.5 Å². The number of aliphatic hydroxyl groups is 5. The largest absolute Gasteiger partial charge is 0.469 e. The first-order valence-corrected chi connectivity index (χ1v) is 10.8. The van der Waals surface area contributed by atoms with Crippen LogP contribution in [-0.4, -0.2) is 105 Å². The highest BCUT2D eigenvalue weighted by molar-refractivity contribution is 7.46. The quantitative estimate of drug-likeness (QED) is 0.123. The lowest BCUT2D eigenvalue weighted by atomic mass is 10.1. The maximum absolute atomic E-state index is 11.7. The molecule has 1 fully saturated rings. The fraction of sp³-hybridized carbons (Fsp3) is 0.600. The molecule has 18 heteroatoms. The van der Waals surface area contributed by atoms with Gasteiger partial charge in [0, 0.05) is 6.42 Å². The van der Waals surface area contributed by atoms with E-state index in [0.717, 1.165) is 0 Å². The SMILES string of the molecule is Nc1nc2c(ncn2[C@H]2C[C@H](O)[C@@H](COP(=O)(O)O)O2)c(=O)[nH]1.O=CC(O)C(O)C(O)CO. The summed E-state index contributed by atoms with van der Waals surface area (Å²) >= 11 is 0. The normalized spacial score (nSPS) is 23.5. The predicted molar refractivity (Wildman–Crippen MR) is 106 cm³/mol. The van der Waals surface area contributed by atoms with Crippen molar-refractivity contribution in [1.29, 1.82) is 0 Å². The summed E-state index contributed by atoms with van der Waals surface area (Å²) in [5.74, 6) is -0.0934. The summed E-state index contributed by atoms with van der Waals surface area (Å²) in [5.41, 5.74) is 5.23. The molecule has 1 aliphatic heterocycles. The maximum atomic E-state index is 11.7. The summed E-state index contributed by atoms with van der Waals surface area (Å²) in [7, 11) is -4.66. The van der Waals surface area contributed by atoms with Crippen LogP contribution in [0.4, 0.5) is 5.95 Å². The highest BCUT2D eigenvalue weighted by Crippen LogP contribution is 2.38. The number of carbonyl (C=O) groups excluding carboxylic acids is 1. The van der Waals surface area contributed by atoms with Crippen molar-refractivity contribution < 1.29 is 53.9 Å². The number of aliphatic hydroxyl groups excluding tert-OH is 5. The molecule has 1 saturated heterocycles. The third kappa shape index (κ3) is 7.08. The number of nitrogens with one attached hydrogen (secondary N) is 1. The summed E-state index contributed by atoms with van der Waals surface area (Å²) < 4.78 is 22.0. The average molecular weight is 497 g/mol. The second-order valence-corrected chi connectivity index (χ2v) is 8.10. The van der Waals surface area contributed by atoms with Gasteiger partial charge in [-0.1, -0.05) is 0 Å². The van der Waals surface area contributed by atoms with Crippen molar-refractivity contribution in [2.24, 2.45) is 0 Å². The summed E-state index contributed by atoms with van der Waals surface area (Å²) in [5, 5.41) is 44.0. The number of aromatic nitrogens is 4. The van der Waals surface area contributed by atoms with Gasteiger partial charge in [-0.15, -0.1) is 0 Å². The van der Waals surface area contributed by atoms with Crippen LogP contribution in [0, 0.1) is 0 Å². The van der Waals surface area contributed by atoms with Gasteiger partial charge in [-0.2, -0.15) is 4.98 Å². The Morgan fingerprint density at radius 1 is 1.39 bits per heavy atom. The van der Waals surface area contributed by atoms with Crippen molar-refractivity contribution in [2.45, 2.75) is 43.2 Å². The fourth-order valence-electron chi connectivity index (χ4n) is 2.78. The highest BCUT2D eigenvalue weighted by Gasteiger charge is 2.37. The van der Waals surface area contributed by atoms with E-state index in [1.807, 2.05) is 0 Å². The zero-order valence-corrected chi connectivity index (χ0v) is 17.7. The number of rotatable bonds is 8. The molecule has 0 amide bonds. The van der Waals surface area contributed by atoms with E-state index in [9.17, 15) is 19.3 Å². The van der Waals surface area contributed by atoms with E-state index in [1.54, 1.807) is 0 Å². The number of ether oxygens (including phenoxy) is 1. The molecular weight excluding hydrogens is 473 g/mol. The number of H-pyrrole nitrogens is 1. The Hall–Kier alpha value is -2.31. The first kappa shape index (κ1) is 26.9. The number of hydrogen-bond donors (Lipinski definition) is 9. The van der Waals surface area contributed by atoms with Crippen molar-refractivity contribution in [3.63, 3.8) is 0 Å². The second kappa shape index (κ2) is 11.2. The Morgan fingerprint density at radius 3 is 2.64 bits per heavy atom. The lowest BCUT2D eigenvalue weighted by Crippen LogP contribution is -2.40. The maximum Gasteiger partial charge on any atom is 0.469 e. The summed E-state index contributed by atoms with van der Waals surface area (Å²) in [6.07, 6.45) is -5.89. The molecule has 0 spiro atoms. The number of phosphoric ester groups is 1. The molecule has 0 radical (unpaired) electrons. The van der Waals surface area contributed by atoms with Crippen LogP contribution in [-0.2, 0) is 18.6 Å². The molecule has 33 heavy (non-hydrogen) atoms. The van der Waals surface area contributed by atoms with Crippen LogP contribution >= 0.6 is 7.82 Å². The minimum absolute atomic E-state index is 0.0622. The van der Waals surface area contributed by atoms with Crippen LogP contribution in [0.25, 0.3) is 11.2 Å².